The van der Waals surface area contributed by atoms with Crippen LogP contribution in [-0.4, -0.2) is 88.5 Å². The van der Waals surface area contributed by atoms with Gasteiger partial charge in [0.2, 0.25) is 12.3 Å². The van der Waals surface area contributed by atoms with Crippen molar-refractivity contribution in [2.75, 3.05) is 13.3 Å². The van der Waals surface area contributed by atoms with E-state index >= 15 is 0 Å². The average molecular weight is 733 g/mol. The van der Waals surface area contributed by atoms with Gasteiger partial charge in [-0.3, -0.25) is 24.0 Å². The van der Waals surface area contributed by atoms with E-state index in [1.807, 2.05) is 6.92 Å². The maximum Gasteiger partial charge on any atom is 0.534 e. The summed E-state index contributed by atoms with van der Waals surface area (Å²) in [6.45, 7) is 10.2. The van der Waals surface area contributed by atoms with Gasteiger partial charge in [0, 0.05) is 5.56 Å². The zero-order chi connectivity index (χ0) is 39.0. The van der Waals surface area contributed by atoms with E-state index in [1.165, 1.54) is 30.3 Å². The number of hydroxylamine groups is 2. The van der Waals surface area contributed by atoms with E-state index in [9.17, 15) is 38.7 Å². The SMILES string of the molecule is CCCCCC(C(=O)NCNC(=O)c1ccc(-c2ccc(C(=O)NC(CC(=O)O)C(=O)O)c(OCC)c2)o1)C(CC)N(C=O)OC(=O)OC(C)(C)C. The summed E-state index contributed by atoms with van der Waals surface area (Å²) in [4.78, 5) is 91.0. The van der Waals surface area contributed by atoms with Crippen molar-refractivity contribution in [1.29, 1.82) is 0 Å². The molecule has 0 spiro atoms. The van der Waals surface area contributed by atoms with Crippen LogP contribution in [0.4, 0.5) is 4.79 Å². The summed E-state index contributed by atoms with van der Waals surface area (Å²) in [6, 6.07) is 4.69. The summed E-state index contributed by atoms with van der Waals surface area (Å²) in [7, 11) is 0. The minimum atomic E-state index is -1.67. The van der Waals surface area contributed by atoms with Crippen molar-refractivity contribution in [3.8, 4) is 17.1 Å². The molecule has 0 aliphatic heterocycles. The first-order chi connectivity index (χ1) is 24.5. The second-order valence-corrected chi connectivity index (χ2v) is 12.6. The maximum absolute atomic E-state index is 13.4. The van der Waals surface area contributed by atoms with Gasteiger partial charge in [-0.25, -0.2) is 9.59 Å². The molecule has 0 radical (unpaired) electrons. The zero-order valence-corrected chi connectivity index (χ0v) is 30.2. The van der Waals surface area contributed by atoms with Crippen molar-refractivity contribution < 1.29 is 62.5 Å². The van der Waals surface area contributed by atoms with Crippen molar-refractivity contribution in [2.45, 2.75) is 97.8 Å². The van der Waals surface area contributed by atoms with Crippen LogP contribution in [-0.2, 0) is 28.8 Å². The molecule has 0 aliphatic carbocycles. The molecular formula is C35H48N4O13. The lowest BCUT2D eigenvalue weighted by molar-refractivity contribution is -0.182. The highest BCUT2D eigenvalue weighted by molar-refractivity contribution is 6.00. The van der Waals surface area contributed by atoms with Crippen LogP contribution in [0.15, 0.2) is 34.7 Å². The molecule has 3 unspecified atom stereocenters. The molecule has 2 aromatic rings. The monoisotopic (exact) mass is 732 g/mol. The topological polar surface area (TPSA) is 240 Å². The summed E-state index contributed by atoms with van der Waals surface area (Å²) in [5.41, 5.74) is -0.510. The number of unbranched alkanes of at least 4 members (excludes halogenated alkanes) is 2. The summed E-state index contributed by atoms with van der Waals surface area (Å²) in [5, 5.41) is 26.4. The minimum Gasteiger partial charge on any atom is -0.493 e. The number of carbonyl (C=O) groups is 7. The molecule has 5 N–H and O–H groups in total. The predicted octanol–water partition coefficient (Wildman–Crippen LogP) is 4.11. The van der Waals surface area contributed by atoms with Gasteiger partial charge in [-0.1, -0.05) is 39.2 Å². The third-order valence-corrected chi connectivity index (χ3v) is 7.47. The molecule has 0 aliphatic rings. The van der Waals surface area contributed by atoms with Gasteiger partial charge in [-0.2, -0.15) is 5.06 Å². The summed E-state index contributed by atoms with van der Waals surface area (Å²) in [6.07, 6.45) is 1.43. The molecule has 1 aromatic carbocycles. The fourth-order valence-electron chi connectivity index (χ4n) is 5.07. The fourth-order valence-corrected chi connectivity index (χ4v) is 5.07. The van der Waals surface area contributed by atoms with Crippen LogP contribution < -0.4 is 20.7 Å². The second kappa shape index (κ2) is 20.3. The molecule has 4 amide bonds. The van der Waals surface area contributed by atoms with Crippen LogP contribution in [0, 0.1) is 5.92 Å². The molecule has 52 heavy (non-hydrogen) atoms. The molecule has 286 valence electrons. The number of hydrogen-bond donors (Lipinski definition) is 5. The van der Waals surface area contributed by atoms with E-state index in [1.54, 1.807) is 34.6 Å². The van der Waals surface area contributed by atoms with Gasteiger partial charge in [0.1, 0.15) is 23.2 Å². The molecule has 1 aromatic heterocycles. The number of furan rings is 1. The van der Waals surface area contributed by atoms with Gasteiger partial charge in [0.05, 0.1) is 37.2 Å². The number of benzene rings is 1. The minimum absolute atomic E-state index is 0.0477. The van der Waals surface area contributed by atoms with Gasteiger partial charge in [0.15, 0.2) is 5.76 Å². The normalized spacial score (nSPS) is 12.7. The number of ether oxygens (including phenoxy) is 2. The van der Waals surface area contributed by atoms with Crippen LogP contribution in [0.1, 0.15) is 101 Å². The lowest BCUT2D eigenvalue weighted by Crippen LogP contribution is -2.49. The summed E-state index contributed by atoms with van der Waals surface area (Å²) in [5.74, 6) is -5.54. The van der Waals surface area contributed by atoms with Crippen molar-refractivity contribution in [2.24, 2.45) is 5.92 Å². The Balaban J connectivity index is 2.15. The maximum atomic E-state index is 13.4. The molecule has 17 heteroatoms. The van der Waals surface area contributed by atoms with Crippen LogP contribution in [0.5, 0.6) is 5.75 Å². The van der Waals surface area contributed by atoms with E-state index in [4.69, 9.17) is 23.8 Å². The second-order valence-electron chi connectivity index (χ2n) is 12.6. The number of aliphatic carboxylic acids is 2. The Labute approximate surface area is 301 Å². The Kier molecular flexibility index (Phi) is 16.6. The number of rotatable bonds is 21. The van der Waals surface area contributed by atoms with E-state index in [0.29, 0.717) is 24.8 Å². The number of nitrogens with zero attached hydrogens (tertiary/aromatic N) is 1. The Morgan fingerprint density at radius 3 is 2.25 bits per heavy atom. The molecular weight excluding hydrogens is 684 g/mol. The van der Waals surface area contributed by atoms with Crippen molar-refractivity contribution >= 4 is 42.2 Å². The first-order valence-corrected chi connectivity index (χ1v) is 16.9. The van der Waals surface area contributed by atoms with Crippen LogP contribution >= 0.6 is 0 Å². The van der Waals surface area contributed by atoms with Crippen molar-refractivity contribution in [3.63, 3.8) is 0 Å². The van der Waals surface area contributed by atoms with Crippen molar-refractivity contribution in [1.82, 2.24) is 21.0 Å². The standard InChI is InChI=1S/C35H48N4O13/c1-7-10-11-12-22(25(8-2)39(20-40)52-34(48)51-35(4,5)6)30(43)36-19-37-32(45)27-16-15-26(50-27)21-13-14-23(28(17-21)49-9-3)31(44)38-24(33(46)47)18-29(41)42/h13-17,20,22,24-25H,7-12,18-19H2,1-6H3,(H,36,43)(H,37,45)(H,38,44)(H,41,42)(H,46,47). The first kappa shape index (κ1) is 42.6. The number of carboxylic acids is 2. The number of carboxylic acid groups (broad SMARTS) is 2. The average Bonchev–Trinajstić information content (AvgIpc) is 3.56. The smallest absolute Gasteiger partial charge is 0.493 e. The third kappa shape index (κ3) is 13.3. The van der Waals surface area contributed by atoms with E-state index in [-0.39, 0.29) is 42.5 Å². The number of carbonyl (C=O) groups excluding carboxylic acids is 5. The zero-order valence-electron chi connectivity index (χ0n) is 30.2. The Morgan fingerprint density at radius 1 is 0.962 bits per heavy atom. The molecule has 0 saturated heterocycles. The third-order valence-electron chi connectivity index (χ3n) is 7.47. The van der Waals surface area contributed by atoms with E-state index in [2.05, 4.69) is 16.0 Å². The number of hydrogen-bond acceptors (Lipinski definition) is 11. The molecule has 17 nitrogen and oxygen atoms in total. The lowest BCUT2D eigenvalue weighted by Gasteiger charge is -2.32. The summed E-state index contributed by atoms with van der Waals surface area (Å²) >= 11 is 0. The predicted molar refractivity (Wildman–Crippen MR) is 184 cm³/mol. The first-order valence-electron chi connectivity index (χ1n) is 16.9. The Bertz CT molecular complexity index is 1570. The molecule has 0 bridgehead atoms. The van der Waals surface area contributed by atoms with Gasteiger partial charge in [-0.15, -0.1) is 0 Å². The fraction of sp³-hybridized carbons (Fsp3) is 0.514. The van der Waals surface area contributed by atoms with Crippen LogP contribution in [0.3, 0.4) is 0 Å². The van der Waals surface area contributed by atoms with Crippen LogP contribution in [0.25, 0.3) is 11.3 Å². The van der Waals surface area contributed by atoms with Gasteiger partial charge in [-0.05, 0) is 64.8 Å². The quantitative estimate of drug-likeness (QED) is 0.0400. The molecule has 3 atom stereocenters. The van der Waals surface area contributed by atoms with E-state index in [0.717, 1.165) is 17.9 Å². The molecule has 0 fully saturated rings. The highest BCUT2D eigenvalue weighted by Crippen LogP contribution is 2.29. The molecule has 2 rings (SSSR count). The van der Waals surface area contributed by atoms with Crippen LogP contribution in [0.2, 0.25) is 0 Å². The summed E-state index contributed by atoms with van der Waals surface area (Å²) < 4.78 is 16.4. The highest BCUT2D eigenvalue weighted by Gasteiger charge is 2.34. The van der Waals surface area contributed by atoms with Gasteiger partial charge >= 0.3 is 18.1 Å². The van der Waals surface area contributed by atoms with E-state index < -0.39 is 65.8 Å². The molecule has 0 saturated carbocycles. The highest BCUT2D eigenvalue weighted by atomic mass is 16.8. The Morgan fingerprint density at radius 2 is 1.67 bits per heavy atom. The van der Waals surface area contributed by atoms with Gasteiger partial charge < -0.3 is 44.9 Å². The number of nitrogens with one attached hydrogen (secondary N) is 3. The van der Waals surface area contributed by atoms with Gasteiger partial charge in [0.25, 0.3) is 11.8 Å². The Hall–Kier alpha value is -5.61. The molecule has 1 heterocycles. The lowest BCUT2D eigenvalue weighted by atomic mass is 9.90. The number of amides is 4. The largest absolute Gasteiger partial charge is 0.534 e. The van der Waals surface area contributed by atoms with Crippen molar-refractivity contribution in [3.05, 3.63) is 41.7 Å².